The van der Waals surface area contributed by atoms with Gasteiger partial charge in [-0.15, -0.1) is 4.33 Å². The minimum absolute atomic E-state index is 0.135. The van der Waals surface area contributed by atoms with Gasteiger partial charge >= 0.3 is 0 Å². The summed E-state index contributed by atoms with van der Waals surface area (Å²) in [6, 6.07) is 0. The van der Waals surface area contributed by atoms with E-state index in [2.05, 4.69) is 11.3 Å². The Morgan fingerprint density at radius 3 is 1.85 bits per heavy atom. The lowest BCUT2D eigenvalue weighted by atomic mass is 10.4. The number of rotatable bonds is 5. The van der Waals surface area contributed by atoms with Gasteiger partial charge in [-0.1, -0.05) is 20.3 Å². The minimum atomic E-state index is -3.61. The van der Waals surface area contributed by atoms with Gasteiger partial charge in [-0.3, -0.25) is 0 Å². The molecular weight excluding hydrogens is 196 g/mol. The first-order chi connectivity index (χ1) is 6.04. The van der Waals surface area contributed by atoms with Crippen molar-refractivity contribution in [2.24, 2.45) is 0 Å². The summed E-state index contributed by atoms with van der Waals surface area (Å²) in [5.41, 5.74) is 0. The van der Waals surface area contributed by atoms with E-state index in [1.807, 2.05) is 0 Å². The Kier molecular flexibility index (Phi) is 11.7. The minimum Gasteiger partial charge on any atom is -0.396 e. The highest BCUT2D eigenvalue weighted by molar-refractivity contribution is 7.86. The summed E-state index contributed by atoms with van der Waals surface area (Å²) in [7, 11) is -3.61. The first-order valence-corrected chi connectivity index (χ1v) is 5.78. The summed E-state index contributed by atoms with van der Waals surface area (Å²) < 4.78 is 23.4. The van der Waals surface area contributed by atoms with Gasteiger partial charge in [0.2, 0.25) is 0 Å². The molecule has 0 rings (SSSR count). The van der Waals surface area contributed by atoms with Crippen LogP contribution < -0.4 is 0 Å². The molecule has 0 spiro atoms. The molecule has 0 saturated heterocycles. The zero-order valence-electron chi connectivity index (χ0n) is 8.06. The third-order valence-corrected chi connectivity index (χ3v) is 2.21. The molecule has 0 fully saturated rings. The van der Waals surface area contributed by atoms with Gasteiger partial charge in [0.25, 0.3) is 10.1 Å². The van der Waals surface area contributed by atoms with Crippen molar-refractivity contribution < 1.29 is 23.1 Å². The second-order valence-electron chi connectivity index (χ2n) is 2.41. The highest BCUT2D eigenvalue weighted by Crippen LogP contribution is 1.90. The van der Waals surface area contributed by atoms with E-state index < -0.39 is 10.1 Å². The monoisotopic (exact) mass is 214 g/mol. The Hall–Kier alpha value is -0.170. The SMILES string of the molecule is CCCCO.CCCS(=O)(=O)OO. The van der Waals surface area contributed by atoms with Gasteiger partial charge in [0.15, 0.2) is 0 Å². The molecule has 0 aliphatic heterocycles. The maximum atomic E-state index is 10.1. The van der Waals surface area contributed by atoms with Gasteiger partial charge in [-0.25, -0.2) is 5.26 Å². The van der Waals surface area contributed by atoms with Crippen molar-refractivity contribution >= 4 is 10.1 Å². The van der Waals surface area contributed by atoms with Crippen molar-refractivity contribution in [3.05, 3.63) is 0 Å². The predicted octanol–water partition coefficient (Wildman–Crippen LogP) is 0.995. The molecule has 0 unspecified atom stereocenters. The normalized spacial score (nSPS) is 10.5. The third-order valence-electron chi connectivity index (χ3n) is 1.08. The summed E-state index contributed by atoms with van der Waals surface area (Å²) in [6.07, 6.45) is 2.49. The smallest absolute Gasteiger partial charge is 0.293 e. The number of hydrogen-bond acceptors (Lipinski definition) is 5. The van der Waals surface area contributed by atoms with Crippen LogP contribution in [-0.2, 0) is 14.5 Å². The Morgan fingerprint density at radius 2 is 1.77 bits per heavy atom. The van der Waals surface area contributed by atoms with Crippen LogP contribution in [0, 0.1) is 0 Å². The summed E-state index contributed by atoms with van der Waals surface area (Å²) in [5, 5.41) is 15.7. The van der Waals surface area contributed by atoms with Crippen LogP contribution in [0.5, 0.6) is 0 Å². The van der Waals surface area contributed by atoms with E-state index >= 15 is 0 Å². The van der Waals surface area contributed by atoms with Gasteiger partial charge in [-0.05, 0) is 12.8 Å². The van der Waals surface area contributed by atoms with Crippen molar-refractivity contribution in [2.75, 3.05) is 12.4 Å². The van der Waals surface area contributed by atoms with Crippen molar-refractivity contribution in [1.29, 1.82) is 0 Å². The molecule has 13 heavy (non-hydrogen) atoms. The molecule has 0 aromatic rings. The van der Waals surface area contributed by atoms with Crippen LogP contribution in [0.1, 0.15) is 33.1 Å². The fourth-order valence-electron chi connectivity index (χ4n) is 0.445. The summed E-state index contributed by atoms with van der Waals surface area (Å²) in [4.78, 5) is 0. The highest BCUT2D eigenvalue weighted by Gasteiger charge is 2.06. The van der Waals surface area contributed by atoms with Crippen molar-refractivity contribution in [1.82, 2.24) is 0 Å². The van der Waals surface area contributed by atoms with E-state index in [9.17, 15) is 8.42 Å². The maximum absolute atomic E-state index is 10.1. The molecule has 0 aliphatic carbocycles. The first kappa shape index (κ1) is 15.3. The lowest BCUT2D eigenvalue weighted by Gasteiger charge is -1.92. The van der Waals surface area contributed by atoms with E-state index in [0.29, 0.717) is 13.0 Å². The van der Waals surface area contributed by atoms with E-state index in [1.165, 1.54) is 0 Å². The van der Waals surface area contributed by atoms with E-state index in [1.54, 1.807) is 6.92 Å². The number of aliphatic hydroxyl groups excluding tert-OH is 1. The van der Waals surface area contributed by atoms with E-state index in [-0.39, 0.29) is 5.75 Å². The van der Waals surface area contributed by atoms with E-state index in [4.69, 9.17) is 10.4 Å². The van der Waals surface area contributed by atoms with Crippen molar-refractivity contribution in [2.45, 2.75) is 33.1 Å². The molecule has 0 atom stereocenters. The largest absolute Gasteiger partial charge is 0.396 e. The fourth-order valence-corrected chi connectivity index (χ4v) is 1.02. The average Bonchev–Trinajstić information content (AvgIpc) is 2.07. The summed E-state index contributed by atoms with van der Waals surface area (Å²) in [6.45, 7) is 4.07. The lowest BCUT2D eigenvalue weighted by Crippen LogP contribution is -2.06. The van der Waals surface area contributed by atoms with Crippen LogP contribution in [-0.4, -0.2) is 31.1 Å². The second-order valence-corrected chi connectivity index (χ2v) is 4.09. The molecule has 0 saturated carbocycles. The Balaban J connectivity index is 0. The van der Waals surface area contributed by atoms with Gasteiger partial charge in [0.1, 0.15) is 0 Å². The molecule has 5 nitrogen and oxygen atoms in total. The third kappa shape index (κ3) is 14.7. The van der Waals surface area contributed by atoms with Gasteiger partial charge in [0.05, 0.1) is 5.75 Å². The Labute approximate surface area is 79.4 Å². The van der Waals surface area contributed by atoms with Crippen LogP contribution in [0.3, 0.4) is 0 Å². The standard InChI is InChI=1S/C4H10O.C3H8O4S/c1-2-3-4-5;1-2-3-8(5,6)7-4/h5H,2-4H2,1H3;4H,2-3H2,1H3. The zero-order valence-corrected chi connectivity index (χ0v) is 8.88. The number of hydrogen-bond donors (Lipinski definition) is 2. The quantitative estimate of drug-likeness (QED) is 0.526. The first-order valence-electron chi connectivity index (χ1n) is 4.20. The lowest BCUT2D eigenvalue weighted by molar-refractivity contribution is -0.130. The number of unbranched alkanes of at least 4 members (excludes halogenated alkanes) is 1. The summed E-state index contributed by atoms with van der Waals surface area (Å²) >= 11 is 0. The fraction of sp³-hybridized carbons (Fsp3) is 1.00. The van der Waals surface area contributed by atoms with Crippen molar-refractivity contribution in [3.63, 3.8) is 0 Å². The molecule has 2 N–H and O–H groups in total. The van der Waals surface area contributed by atoms with E-state index in [0.717, 1.165) is 12.8 Å². The van der Waals surface area contributed by atoms with Gasteiger partial charge in [0, 0.05) is 6.61 Å². The van der Waals surface area contributed by atoms with Crippen LogP contribution in [0.2, 0.25) is 0 Å². The molecule has 0 radical (unpaired) electrons. The molecule has 0 aliphatic rings. The van der Waals surface area contributed by atoms with Crippen LogP contribution in [0.15, 0.2) is 0 Å². The van der Waals surface area contributed by atoms with Gasteiger partial charge in [-0.2, -0.15) is 8.42 Å². The summed E-state index contributed by atoms with van der Waals surface area (Å²) in [5.74, 6) is -0.135. The van der Waals surface area contributed by atoms with Crippen LogP contribution >= 0.6 is 0 Å². The topological polar surface area (TPSA) is 83.8 Å². The molecule has 82 valence electrons. The molecular formula is C7H18O5S. The van der Waals surface area contributed by atoms with Crippen molar-refractivity contribution in [3.8, 4) is 0 Å². The molecule has 0 amide bonds. The molecule has 6 heteroatoms. The zero-order chi connectivity index (χ0) is 10.7. The predicted molar refractivity (Wildman–Crippen MR) is 49.8 cm³/mol. The Morgan fingerprint density at radius 1 is 1.23 bits per heavy atom. The van der Waals surface area contributed by atoms with Crippen LogP contribution in [0.4, 0.5) is 0 Å². The molecule has 0 bridgehead atoms. The molecule has 0 aromatic heterocycles. The molecule has 0 heterocycles. The maximum Gasteiger partial charge on any atom is 0.293 e. The average molecular weight is 214 g/mol. The molecule has 0 aromatic carbocycles. The Bertz CT molecular complexity index is 173. The number of aliphatic hydroxyl groups is 1. The van der Waals surface area contributed by atoms with Crippen LogP contribution in [0.25, 0.3) is 0 Å². The van der Waals surface area contributed by atoms with Gasteiger partial charge < -0.3 is 5.11 Å². The highest BCUT2D eigenvalue weighted by atomic mass is 32.2. The second kappa shape index (κ2) is 9.91.